The van der Waals surface area contributed by atoms with Gasteiger partial charge in [0.1, 0.15) is 11.5 Å². The van der Waals surface area contributed by atoms with Crippen LogP contribution in [0.5, 0.6) is 11.5 Å². The zero-order chi connectivity index (χ0) is 22.7. The smallest absolute Gasteiger partial charge is 0.128 e. The fourth-order valence-corrected chi connectivity index (χ4v) is 4.70. The molecular formula is C27H30BrNO2. The molecular weight excluding hydrogens is 450 g/mol. The molecule has 2 aromatic heterocycles. The predicted octanol–water partition coefficient (Wildman–Crippen LogP) is 7.83. The third-order valence-electron chi connectivity index (χ3n) is 5.92. The molecule has 0 bridgehead atoms. The van der Waals surface area contributed by atoms with Crippen molar-refractivity contribution in [3.63, 3.8) is 0 Å². The quantitative estimate of drug-likeness (QED) is 0.317. The van der Waals surface area contributed by atoms with Crippen LogP contribution in [0.25, 0.3) is 27.5 Å². The molecule has 0 radical (unpaired) electrons. The van der Waals surface area contributed by atoms with Gasteiger partial charge in [-0.15, -0.1) is 0 Å². The Morgan fingerprint density at radius 1 is 0.871 bits per heavy atom. The molecule has 0 spiro atoms. The fraction of sp³-hybridized carbons (Fsp3) is 0.333. The van der Waals surface area contributed by atoms with E-state index in [1.807, 2.05) is 18.2 Å². The Morgan fingerprint density at radius 3 is 2.03 bits per heavy atom. The van der Waals surface area contributed by atoms with Gasteiger partial charge in [0.15, 0.2) is 0 Å². The van der Waals surface area contributed by atoms with Gasteiger partial charge >= 0.3 is 0 Å². The van der Waals surface area contributed by atoms with E-state index in [4.69, 9.17) is 4.74 Å². The van der Waals surface area contributed by atoms with Gasteiger partial charge in [0.05, 0.1) is 23.5 Å². The number of aromatic hydroxyl groups is 1. The van der Waals surface area contributed by atoms with E-state index in [0.717, 1.165) is 48.9 Å². The SMILES string of the molecule is COc1cccc2c1c(-c1cc(C(C)(C)C)c(O)c(C(C)(C)C)c1)c1cc(Br)ccn12. The summed E-state index contributed by atoms with van der Waals surface area (Å²) in [7, 11) is 1.72. The third kappa shape index (κ3) is 3.61. The number of nitrogens with zero attached hydrogens (tertiary/aromatic N) is 1. The molecule has 4 heteroatoms. The summed E-state index contributed by atoms with van der Waals surface area (Å²) in [5.41, 5.74) is 5.90. The number of ether oxygens (including phenoxy) is 1. The van der Waals surface area contributed by atoms with Crippen molar-refractivity contribution in [2.45, 2.75) is 52.4 Å². The number of aromatic nitrogens is 1. The molecule has 0 aliphatic carbocycles. The number of phenolic OH excluding ortho intramolecular Hbond substituents is 1. The van der Waals surface area contributed by atoms with Crippen molar-refractivity contribution in [2.24, 2.45) is 0 Å². The number of rotatable bonds is 2. The number of benzene rings is 2. The first-order valence-electron chi connectivity index (χ1n) is 10.6. The minimum Gasteiger partial charge on any atom is -0.507 e. The normalized spacial score (nSPS) is 12.6. The van der Waals surface area contributed by atoms with Crippen LogP contribution >= 0.6 is 15.9 Å². The van der Waals surface area contributed by atoms with Crippen molar-refractivity contribution in [3.05, 3.63) is 64.3 Å². The maximum Gasteiger partial charge on any atom is 0.128 e. The average molecular weight is 480 g/mol. The van der Waals surface area contributed by atoms with Crippen LogP contribution in [0, 0.1) is 0 Å². The Labute approximate surface area is 192 Å². The van der Waals surface area contributed by atoms with Crippen LogP contribution in [0.2, 0.25) is 0 Å². The van der Waals surface area contributed by atoms with E-state index in [2.05, 4.69) is 92.3 Å². The summed E-state index contributed by atoms with van der Waals surface area (Å²) in [6.07, 6.45) is 2.08. The summed E-state index contributed by atoms with van der Waals surface area (Å²) in [6, 6.07) is 14.6. The van der Waals surface area contributed by atoms with Crippen molar-refractivity contribution in [2.75, 3.05) is 7.11 Å². The molecule has 1 N–H and O–H groups in total. The van der Waals surface area contributed by atoms with Gasteiger partial charge in [-0.05, 0) is 52.8 Å². The number of halogens is 1. The Balaban J connectivity index is 2.22. The molecule has 0 amide bonds. The van der Waals surface area contributed by atoms with Crippen LogP contribution in [-0.4, -0.2) is 16.6 Å². The molecule has 4 rings (SSSR count). The lowest BCUT2D eigenvalue weighted by molar-refractivity contribution is 0.420. The van der Waals surface area contributed by atoms with E-state index < -0.39 is 0 Å². The molecule has 0 saturated heterocycles. The van der Waals surface area contributed by atoms with Gasteiger partial charge in [-0.2, -0.15) is 0 Å². The van der Waals surface area contributed by atoms with Gasteiger partial charge in [0.25, 0.3) is 0 Å². The van der Waals surface area contributed by atoms with Gasteiger partial charge in [-0.25, -0.2) is 0 Å². The maximum absolute atomic E-state index is 11.2. The lowest BCUT2D eigenvalue weighted by atomic mass is 9.77. The van der Waals surface area contributed by atoms with Crippen molar-refractivity contribution in [3.8, 4) is 22.6 Å². The largest absolute Gasteiger partial charge is 0.507 e. The summed E-state index contributed by atoms with van der Waals surface area (Å²) >= 11 is 3.65. The summed E-state index contributed by atoms with van der Waals surface area (Å²) in [5.74, 6) is 1.24. The summed E-state index contributed by atoms with van der Waals surface area (Å²) in [4.78, 5) is 0. The maximum atomic E-state index is 11.2. The first-order chi connectivity index (χ1) is 14.4. The second-order valence-electron chi connectivity index (χ2n) is 10.2. The van der Waals surface area contributed by atoms with E-state index >= 15 is 0 Å². The molecule has 0 unspecified atom stereocenters. The first kappa shape index (κ1) is 21.8. The highest BCUT2D eigenvalue weighted by molar-refractivity contribution is 9.10. The highest BCUT2D eigenvalue weighted by Crippen LogP contribution is 2.46. The Morgan fingerprint density at radius 2 is 1.48 bits per heavy atom. The monoisotopic (exact) mass is 479 g/mol. The summed E-state index contributed by atoms with van der Waals surface area (Å²) in [5, 5.41) is 12.3. The molecule has 0 aliphatic heterocycles. The second kappa shape index (κ2) is 7.30. The third-order valence-corrected chi connectivity index (χ3v) is 6.41. The van der Waals surface area contributed by atoms with Gasteiger partial charge in [-0.1, -0.05) is 63.5 Å². The Bertz CT molecular complexity index is 1270. The van der Waals surface area contributed by atoms with Crippen LogP contribution in [0.1, 0.15) is 52.7 Å². The molecule has 31 heavy (non-hydrogen) atoms. The molecule has 2 aromatic carbocycles. The van der Waals surface area contributed by atoms with Crippen LogP contribution in [0.15, 0.2) is 53.1 Å². The molecule has 0 atom stereocenters. The van der Waals surface area contributed by atoms with E-state index in [9.17, 15) is 5.11 Å². The second-order valence-corrected chi connectivity index (χ2v) is 11.2. The summed E-state index contributed by atoms with van der Waals surface area (Å²) < 4.78 is 9.02. The number of hydrogen-bond acceptors (Lipinski definition) is 2. The predicted molar refractivity (Wildman–Crippen MR) is 134 cm³/mol. The van der Waals surface area contributed by atoms with E-state index in [1.165, 1.54) is 0 Å². The molecule has 162 valence electrons. The van der Waals surface area contributed by atoms with E-state index in [1.54, 1.807) is 7.11 Å². The van der Waals surface area contributed by atoms with Crippen LogP contribution in [0.4, 0.5) is 0 Å². The number of phenols is 1. The van der Waals surface area contributed by atoms with Crippen molar-refractivity contribution in [1.82, 2.24) is 4.40 Å². The molecule has 0 fully saturated rings. The van der Waals surface area contributed by atoms with Crippen molar-refractivity contribution < 1.29 is 9.84 Å². The number of fused-ring (bicyclic) bond motifs is 3. The lowest BCUT2D eigenvalue weighted by Gasteiger charge is -2.28. The molecule has 0 aliphatic rings. The van der Waals surface area contributed by atoms with Crippen LogP contribution in [-0.2, 0) is 10.8 Å². The van der Waals surface area contributed by atoms with Gasteiger partial charge < -0.3 is 14.2 Å². The van der Waals surface area contributed by atoms with Crippen molar-refractivity contribution >= 4 is 32.3 Å². The van der Waals surface area contributed by atoms with Crippen LogP contribution in [0.3, 0.4) is 0 Å². The van der Waals surface area contributed by atoms with Crippen LogP contribution < -0.4 is 4.74 Å². The van der Waals surface area contributed by atoms with Gasteiger partial charge in [-0.3, -0.25) is 0 Å². The highest BCUT2D eigenvalue weighted by atomic mass is 79.9. The minimum absolute atomic E-state index is 0.198. The zero-order valence-corrected chi connectivity index (χ0v) is 20.9. The average Bonchev–Trinajstić information content (AvgIpc) is 3.00. The Hall–Kier alpha value is -2.46. The fourth-order valence-electron chi connectivity index (χ4n) is 4.36. The highest BCUT2D eigenvalue weighted by Gasteiger charge is 2.28. The first-order valence-corrected chi connectivity index (χ1v) is 11.4. The Kier molecular flexibility index (Phi) is 5.13. The summed E-state index contributed by atoms with van der Waals surface area (Å²) in [6.45, 7) is 12.9. The number of hydrogen-bond donors (Lipinski definition) is 1. The topological polar surface area (TPSA) is 33.9 Å². The molecule has 4 aromatic rings. The minimum atomic E-state index is -0.198. The van der Waals surface area contributed by atoms with Gasteiger partial charge in [0, 0.05) is 27.4 Å². The molecule has 2 heterocycles. The lowest BCUT2D eigenvalue weighted by Crippen LogP contribution is -2.17. The van der Waals surface area contributed by atoms with Crippen molar-refractivity contribution in [1.29, 1.82) is 0 Å². The van der Waals surface area contributed by atoms with E-state index in [0.29, 0.717) is 5.75 Å². The zero-order valence-electron chi connectivity index (χ0n) is 19.3. The van der Waals surface area contributed by atoms with E-state index in [-0.39, 0.29) is 10.8 Å². The molecule has 0 saturated carbocycles. The standard InChI is InChI=1S/C27H30BrNO2/c1-26(2,3)18-13-16(14-19(25(18)30)27(4,5)6)23-21-15-17(28)11-12-29(21)20-9-8-10-22(31-7)24(20)23/h8-15,30H,1-7H3. The number of pyridine rings is 1. The number of methoxy groups -OCH3 is 1. The van der Waals surface area contributed by atoms with Gasteiger partial charge in [0.2, 0.25) is 0 Å². The molecule has 3 nitrogen and oxygen atoms in total.